The largest absolute Gasteiger partial charge is 0.481 e. The molecule has 0 radical (unpaired) electrons. The van der Waals surface area contributed by atoms with E-state index in [1.807, 2.05) is 29.7 Å². The molecular formula is C33H39Cl2FI2N6O7. The zero-order chi connectivity index (χ0) is 39.8. The van der Waals surface area contributed by atoms with Gasteiger partial charge in [-0.25, -0.2) is 20.9 Å². The number of rotatable bonds is 4. The van der Waals surface area contributed by atoms with Crippen molar-refractivity contribution in [3.05, 3.63) is 77.1 Å². The number of hydrogen-bond donors (Lipinski definition) is 5. The first-order valence-corrected chi connectivity index (χ1v) is 17.5. The van der Waals surface area contributed by atoms with Crippen molar-refractivity contribution in [2.45, 2.75) is 65.6 Å². The van der Waals surface area contributed by atoms with Gasteiger partial charge in [-0.05, 0) is 134 Å². The molecule has 0 aliphatic rings. The highest BCUT2D eigenvalue weighted by molar-refractivity contribution is 14.1. The molecule has 0 fully saturated rings. The van der Waals surface area contributed by atoms with Crippen molar-refractivity contribution in [3.8, 4) is 0 Å². The van der Waals surface area contributed by atoms with Gasteiger partial charge in [0.05, 0.1) is 42.4 Å². The Morgan fingerprint density at radius 1 is 0.804 bits per heavy atom. The minimum absolute atomic E-state index is 0.0124. The second-order valence-corrected chi connectivity index (χ2v) is 15.4. The summed E-state index contributed by atoms with van der Waals surface area (Å²) in [5, 5.41) is 11.6. The molecular weight excluding hydrogens is 936 g/mol. The number of hydrazine groups is 2. The van der Waals surface area contributed by atoms with Crippen LogP contribution in [0.4, 0.5) is 14.0 Å². The van der Waals surface area contributed by atoms with E-state index in [9.17, 15) is 23.6 Å². The molecule has 4 rings (SSSR count). The number of carboxylic acid groups (broad SMARTS) is 1. The van der Waals surface area contributed by atoms with Crippen molar-refractivity contribution < 1.29 is 39.5 Å². The van der Waals surface area contributed by atoms with Crippen LogP contribution in [0.5, 0.6) is 0 Å². The van der Waals surface area contributed by atoms with Gasteiger partial charge in [-0.2, -0.15) is 0 Å². The molecule has 51 heavy (non-hydrogen) atoms. The van der Waals surface area contributed by atoms with Crippen molar-refractivity contribution in [1.29, 1.82) is 0 Å². The fourth-order valence-corrected chi connectivity index (χ4v) is 5.85. The van der Waals surface area contributed by atoms with Gasteiger partial charge in [-0.1, -0.05) is 23.2 Å². The number of benzene rings is 2. The molecule has 0 aliphatic carbocycles. The number of nitrogens with two attached hydrogens (primary N) is 1. The van der Waals surface area contributed by atoms with Crippen LogP contribution in [0.15, 0.2) is 48.8 Å². The van der Waals surface area contributed by atoms with E-state index in [1.165, 1.54) is 0 Å². The predicted octanol–water partition coefficient (Wildman–Crippen LogP) is 7.68. The van der Waals surface area contributed by atoms with E-state index in [-0.39, 0.29) is 18.7 Å². The molecule has 4 aromatic rings. The summed E-state index contributed by atoms with van der Waals surface area (Å²) in [5.41, 5.74) is 8.54. The zero-order valence-corrected chi connectivity index (χ0v) is 34.3. The van der Waals surface area contributed by atoms with Gasteiger partial charge in [0.15, 0.2) is 0 Å². The van der Waals surface area contributed by atoms with Crippen molar-refractivity contribution in [2.24, 2.45) is 5.84 Å². The molecule has 0 atom stereocenters. The van der Waals surface area contributed by atoms with Gasteiger partial charge < -0.3 is 14.6 Å². The Balaban J connectivity index is 0.000000414. The van der Waals surface area contributed by atoms with Crippen molar-refractivity contribution >= 4 is 114 Å². The van der Waals surface area contributed by atoms with E-state index in [2.05, 4.69) is 66.0 Å². The molecule has 0 aliphatic heterocycles. The lowest BCUT2D eigenvalue weighted by atomic mass is 10.1. The van der Waals surface area contributed by atoms with Crippen molar-refractivity contribution in [3.63, 3.8) is 0 Å². The summed E-state index contributed by atoms with van der Waals surface area (Å²) in [6.07, 6.45) is 1.97. The van der Waals surface area contributed by atoms with E-state index in [4.69, 9.17) is 45.0 Å². The third-order valence-corrected chi connectivity index (χ3v) is 7.52. The van der Waals surface area contributed by atoms with E-state index in [0.29, 0.717) is 10.0 Å². The van der Waals surface area contributed by atoms with Crippen LogP contribution in [0.3, 0.4) is 0 Å². The van der Waals surface area contributed by atoms with Crippen LogP contribution in [0.2, 0.25) is 10.0 Å². The molecule has 0 saturated carbocycles. The van der Waals surface area contributed by atoms with Crippen molar-refractivity contribution in [2.75, 3.05) is 7.15 Å². The summed E-state index contributed by atoms with van der Waals surface area (Å²) < 4.78 is 27.1. The van der Waals surface area contributed by atoms with Crippen LogP contribution in [-0.2, 0) is 31.9 Å². The van der Waals surface area contributed by atoms with Crippen molar-refractivity contribution in [1.82, 2.24) is 26.2 Å². The number of fused-ring (bicyclic) bond motifs is 2. The molecule has 0 saturated heterocycles. The molecule has 3 amide bonds. The molecule has 2 heterocycles. The first-order valence-electron chi connectivity index (χ1n) is 15.3. The number of aromatic nitrogens is 2. The number of amides is 3. The molecule has 0 spiro atoms. The summed E-state index contributed by atoms with van der Waals surface area (Å²) >= 11 is 16.1. The summed E-state index contributed by atoms with van der Waals surface area (Å²) in [6, 6.07) is 11.0. The number of carboxylic acids is 1. The molecule has 2 aromatic carbocycles. The fourth-order valence-electron chi connectivity index (χ4n) is 3.81. The van der Waals surface area contributed by atoms with Gasteiger partial charge in [0.1, 0.15) is 11.2 Å². The first-order chi connectivity index (χ1) is 24.1. The maximum absolute atomic E-state index is 12.0. The zero-order valence-electron chi connectivity index (χ0n) is 29.5. The average Bonchev–Trinajstić information content (AvgIpc) is 2.98. The highest BCUT2D eigenvalue weighted by atomic mass is 127. The van der Waals surface area contributed by atoms with E-state index < -0.39 is 36.5 Å². The first kappa shape index (κ1) is 43.8. The van der Waals surface area contributed by atoms with Gasteiger partial charge >= 0.3 is 18.2 Å². The quantitative estimate of drug-likeness (QED) is 0.0586. The Bertz CT molecular complexity index is 1860. The summed E-state index contributed by atoms with van der Waals surface area (Å²) in [5.74, 6) is 3.56. The molecule has 0 bridgehead atoms. The molecule has 18 heteroatoms. The minimum Gasteiger partial charge on any atom is -0.481 e. The van der Waals surface area contributed by atoms with E-state index in [1.54, 1.807) is 66.1 Å². The third kappa shape index (κ3) is 18.1. The lowest BCUT2D eigenvalue weighted by Crippen LogP contribution is -2.44. The molecule has 278 valence electrons. The number of carbonyl (C=O) groups is 4. The lowest BCUT2D eigenvalue weighted by molar-refractivity contribution is -0.136. The molecule has 2 aromatic heterocycles. The topological polar surface area (TPSA) is 195 Å². The molecule has 0 unspecified atom stereocenters. The highest BCUT2D eigenvalue weighted by Gasteiger charge is 2.17. The standard InChI is InChI=1S/C16H17ClIN3O3.C11H7ClINO2.C5H12N2O2.CH3F/c1-16(2,3)24-15(23)21-20-13(22)6-9-4-10-7-11(17)8-19-14(10)12(18)5-9;12-8-4-7-1-6(3-10(15)16)2-9(13)11(7)14-5-8;1-5(2,3)9-4(8)7-6;1-2/h4-5,7-8H,6H2,1-3H3,(H,20,22)(H,21,23);1-2,4-5H,3H2,(H,15,16);6H2,1-3H3,(H,7,8);1H3/i;;;1D. The number of hydrogen-bond acceptors (Lipinski definition) is 9. The number of ether oxygens (including phenoxy) is 2. The maximum atomic E-state index is 12.0. The Morgan fingerprint density at radius 3 is 1.59 bits per heavy atom. The number of halogens is 5. The second kappa shape index (κ2) is 21.3. The Hall–Kier alpha value is -3.33. The van der Waals surface area contributed by atoms with Gasteiger partial charge in [0, 0.05) is 30.3 Å². The lowest BCUT2D eigenvalue weighted by Gasteiger charge is -2.19. The van der Waals surface area contributed by atoms with Crippen LogP contribution >= 0.6 is 68.4 Å². The minimum atomic E-state index is -1.00. The van der Waals surface area contributed by atoms with Gasteiger partial charge in [-0.3, -0.25) is 34.8 Å². The Kier molecular flexibility index (Phi) is 18.3. The van der Waals surface area contributed by atoms with Gasteiger partial charge in [0.2, 0.25) is 5.91 Å². The third-order valence-electron chi connectivity index (χ3n) is 5.47. The monoisotopic (exact) mass is 975 g/mol. The van der Waals surface area contributed by atoms with Crippen LogP contribution in [-0.4, -0.2) is 57.5 Å². The second-order valence-electron chi connectivity index (χ2n) is 12.2. The van der Waals surface area contributed by atoms with E-state index in [0.717, 1.165) is 40.1 Å². The maximum Gasteiger partial charge on any atom is 0.426 e. The fraction of sp³-hybridized carbons (Fsp3) is 0.333. The Morgan fingerprint density at radius 2 is 1.22 bits per heavy atom. The SMILES string of the molecule is CC(C)(C)OC(=O)NN.CC(C)(C)OC(=O)NNC(=O)Cc1cc(I)c2ncc(Cl)cc2c1.O=C(O)Cc1cc(I)c2ncc(Cl)cc2c1.[2H]CF. The average molecular weight is 976 g/mol. The van der Waals surface area contributed by atoms with Crippen LogP contribution < -0.4 is 22.1 Å². The van der Waals surface area contributed by atoms with Gasteiger partial charge in [-0.15, -0.1) is 0 Å². The summed E-state index contributed by atoms with van der Waals surface area (Å²) in [7, 11) is -1.00. The van der Waals surface area contributed by atoms with Crippen LogP contribution in [0, 0.1) is 7.14 Å². The summed E-state index contributed by atoms with van der Waals surface area (Å²) in [6.45, 7) is 10.5. The summed E-state index contributed by atoms with van der Waals surface area (Å²) in [4.78, 5) is 53.0. The number of carbonyl (C=O) groups excluding carboxylic acids is 3. The van der Waals surface area contributed by atoms with Crippen LogP contribution in [0.25, 0.3) is 21.8 Å². The smallest absolute Gasteiger partial charge is 0.426 e. The number of aliphatic carboxylic acids is 1. The number of nitrogens with zero attached hydrogens (tertiary/aromatic N) is 2. The predicted molar refractivity (Wildman–Crippen MR) is 212 cm³/mol. The highest BCUT2D eigenvalue weighted by Crippen LogP contribution is 2.25. The molecule has 13 nitrogen and oxygen atoms in total. The normalized spacial score (nSPS) is 10.9. The molecule has 6 N–H and O–H groups in total. The van der Waals surface area contributed by atoms with Gasteiger partial charge in [0.25, 0.3) is 0 Å². The Labute approximate surface area is 333 Å². The number of alkyl halides is 1. The van der Waals surface area contributed by atoms with E-state index >= 15 is 0 Å². The van der Waals surface area contributed by atoms with Crippen LogP contribution in [0.1, 0.15) is 54.0 Å². The number of nitrogens with one attached hydrogen (secondary N) is 3. The number of pyridine rings is 2.